The van der Waals surface area contributed by atoms with Crippen LogP contribution >= 0.6 is 0 Å². The van der Waals surface area contributed by atoms with Crippen molar-refractivity contribution in [2.24, 2.45) is 0 Å². The summed E-state index contributed by atoms with van der Waals surface area (Å²) in [6.45, 7) is 2.05. The number of carbonyl (C=O) groups is 1. The Bertz CT molecular complexity index is 837. The van der Waals surface area contributed by atoms with Crippen molar-refractivity contribution in [3.05, 3.63) is 83.5 Å². The van der Waals surface area contributed by atoms with Crippen LogP contribution in [0.25, 0.3) is 11.1 Å². The first kappa shape index (κ1) is 15.8. The summed E-state index contributed by atoms with van der Waals surface area (Å²) < 4.78 is 5.45. The van der Waals surface area contributed by atoms with E-state index in [9.17, 15) is 4.79 Å². The van der Waals surface area contributed by atoms with Gasteiger partial charge in [0.25, 0.3) is 0 Å². The first-order chi connectivity index (χ1) is 11.7. The molecule has 0 heterocycles. The fraction of sp³-hybridized carbons (Fsp3) is 0.143. The van der Waals surface area contributed by atoms with Gasteiger partial charge in [-0.2, -0.15) is 5.26 Å². The maximum atomic E-state index is 12.2. The van der Waals surface area contributed by atoms with Crippen molar-refractivity contribution < 1.29 is 9.53 Å². The van der Waals surface area contributed by atoms with Crippen LogP contribution in [0.5, 0.6) is 0 Å². The number of benzene rings is 2. The SMILES string of the molecule is Cc1ccc(-c2ccc(C(=O)OC3C=CC=C(C#N)C3)cc2)cc1. The Morgan fingerprint density at radius 2 is 1.71 bits per heavy atom. The zero-order chi connectivity index (χ0) is 16.9. The summed E-state index contributed by atoms with van der Waals surface area (Å²) in [4.78, 5) is 12.2. The van der Waals surface area contributed by atoms with Crippen LogP contribution in [0.15, 0.2) is 72.3 Å². The van der Waals surface area contributed by atoms with E-state index in [0.717, 1.165) is 11.1 Å². The molecule has 0 fully saturated rings. The van der Waals surface area contributed by atoms with Gasteiger partial charge in [0.2, 0.25) is 0 Å². The van der Waals surface area contributed by atoms with Crippen molar-refractivity contribution in [2.45, 2.75) is 19.4 Å². The molecule has 0 bridgehead atoms. The molecule has 0 amide bonds. The molecular formula is C21H17NO2. The van der Waals surface area contributed by atoms with Gasteiger partial charge in [-0.25, -0.2) is 4.79 Å². The standard InChI is InChI=1S/C21H17NO2/c1-15-5-7-17(8-6-15)18-9-11-19(12-10-18)21(23)24-20-4-2-3-16(13-20)14-22/h2-12,20H,13H2,1H3. The summed E-state index contributed by atoms with van der Waals surface area (Å²) in [5.74, 6) is -0.376. The van der Waals surface area contributed by atoms with Crippen molar-refractivity contribution in [1.82, 2.24) is 0 Å². The lowest BCUT2D eigenvalue weighted by Gasteiger charge is -2.16. The molecule has 1 unspecified atom stereocenters. The first-order valence-corrected chi connectivity index (χ1v) is 7.81. The average Bonchev–Trinajstić information content (AvgIpc) is 2.62. The van der Waals surface area contributed by atoms with E-state index in [-0.39, 0.29) is 12.1 Å². The number of hydrogen-bond donors (Lipinski definition) is 0. The molecular weight excluding hydrogens is 298 g/mol. The summed E-state index contributed by atoms with van der Waals surface area (Å²) in [6, 6.07) is 17.7. The summed E-state index contributed by atoms with van der Waals surface area (Å²) in [5.41, 5.74) is 4.50. The Balaban J connectivity index is 1.68. The normalized spacial score (nSPS) is 16.2. The average molecular weight is 315 g/mol. The number of rotatable bonds is 3. The molecule has 3 nitrogen and oxygen atoms in total. The smallest absolute Gasteiger partial charge is 0.338 e. The molecule has 2 aromatic rings. The third-order valence-electron chi connectivity index (χ3n) is 3.95. The fourth-order valence-corrected chi connectivity index (χ4v) is 2.56. The molecule has 1 aliphatic rings. The highest BCUT2D eigenvalue weighted by Gasteiger charge is 2.17. The molecule has 0 spiro atoms. The lowest BCUT2D eigenvalue weighted by molar-refractivity contribution is 0.0395. The second-order valence-electron chi connectivity index (χ2n) is 5.78. The van der Waals surface area contributed by atoms with Crippen molar-refractivity contribution in [3.8, 4) is 17.2 Å². The lowest BCUT2D eigenvalue weighted by Crippen LogP contribution is -2.18. The van der Waals surface area contributed by atoms with Crippen molar-refractivity contribution in [1.29, 1.82) is 5.26 Å². The molecule has 3 heteroatoms. The highest BCUT2D eigenvalue weighted by Crippen LogP contribution is 2.21. The summed E-state index contributed by atoms with van der Waals surface area (Å²) >= 11 is 0. The van der Waals surface area contributed by atoms with Crippen molar-refractivity contribution >= 4 is 5.97 Å². The molecule has 1 atom stereocenters. The third kappa shape index (κ3) is 3.61. The van der Waals surface area contributed by atoms with Gasteiger partial charge < -0.3 is 4.74 Å². The molecule has 0 saturated heterocycles. The lowest BCUT2D eigenvalue weighted by atomic mass is 10.0. The van der Waals surface area contributed by atoms with Gasteiger partial charge in [0.1, 0.15) is 6.10 Å². The fourth-order valence-electron chi connectivity index (χ4n) is 2.56. The van der Waals surface area contributed by atoms with E-state index >= 15 is 0 Å². The van der Waals surface area contributed by atoms with Gasteiger partial charge in [0.05, 0.1) is 11.6 Å². The Labute approximate surface area is 141 Å². The number of aryl methyl sites for hydroxylation is 1. The molecule has 1 aliphatic carbocycles. The van der Waals surface area contributed by atoms with Gasteiger partial charge >= 0.3 is 5.97 Å². The molecule has 2 aromatic carbocycles. The summed E-state index contributed by atoms with van der Waals surface area (Å²) in [5, 5.41) is 8.92. The third-order valence-corrected chi connectivity index (χ3v) is 3.95. The Morgan fingerprint density at radius 1 is 1.08 bits per heavy atom. The summed E-state index contributed by atoms with van der Waals surface area (Å²) in [6.07, 6.45) is 5.33. The van der Waals surface area contributed by atoms with Crippen LogP contribution in [0.1, 0.15) is 22.3 Å². The highest BCUT2D eigenvalue weighted by molar-refractivity contribution is 5.90. The minimum atomic E-state index is -0.381. The zero-order valence-electron chi connectivity index (χ0n) is 13.4. The maximum absolute atomic E-state index is 12.2. The number of hydrogen-bond acceptors (Lipinski definition) is 3. The predicted molar refractivity (Wildman–Crippen MR) is 93.3 cm³/mol. The van der Waals surface area contributed by atoms with Crippen LogP contribution in [-0.2, 0) is 4.74 Å². The second kappa shape index (κ2) is 6.97. The van der Waals surface area contributed by atoms with Gasteiger partial charge in [-0.15, -0.1) is 0 Å². The largest absolute Gasteiger partial charge is 0.454 e. The van der Waals surface area contributed by atoms with Crippen LogP contribution in [-0.4, -0.2) is 12.1 Å². The summed E-state index contributed by atoms with van der Waals surface area (Å²) in [7, 11) is 0. The van der Waals surface area contributed by atoms with Gasteiger partial charge in [-0.05, 0) is 42.3 Å². The topological polar surface area (TPSA) is 50.1 Å². The first-order valence-electron chi connectivity index (χ1n) is 7.81. The quantitative estimate of drug-likeness (QED) is 0.778. The van der Waals surface area contributed by atoms with Crippen LogP contribution in [0.4, 0.5) is 0 Å². The van der Waals surface area contributed by atoms with Crippen LogP contribution in [0, 0.1) is 18.3 Å². The highest BCUT2D eigenvalue weighted by atomic mass is 16.5. The molecule has 3 rings (SSSR count). The van der Waals surface area contributed by atoms with E-state index in [1.54, 1.807) is 30.4 Å². The van der Waals surface area contributed by atoms with Crippen LogP contribution in [0.3, 0.4) is 0 Å². The van der Waals surface area contributed by atoms with E-state index in [1.165, 1.54) is 5.56 Å². The molecule has 0 aromatic heterocycles. The van der Waals surface area contributed by atoms with Gasteiger partial charge in [0, 0.05) is 12.0 Å². The van der Waals surface area contributed by atoms with Crippen molar-refractivity contribution in [2.75, 3.05) is 0 Å². The number of nitriles is 1. The number of nitrogens with zero attached hydrogens (tertiary/aromatic N) is 1. The van der Waals surface area contributed by atoms with Crippen LogP contribution in [0.2, 0.25) is 0 Å². The Hall–Kier alpha value is -3.12. The minimum absolute atomic E-state index is 0.376. The second-order valence-corrected chi connectivity index (χ2v) is 5.78. The van der Waals surface area contributed by atoms with Gasteiger partial charge in [-0.1, -0.05) is 48.0 Å². The number of ether oxygens (including phenoxy) is 1. The Kier molecular flexibility index (Phi) is 4.58. The minimum Gasteiger partial charge on any atom is -0.454 e. The molecule has 24 heavy (non-hydrogen) atoms. The number of allylic oxidation sites excluding steroid dienone is 2. The molecule has 0 aliphatic heterocycles. The predicted octanol–water partition coefficient (Wildman–Crippen LogP) is 4.60. The molecule has 0 N–H and O–H groups in total. The van der Waals surface area contributed by atoms with Crippen LogP contribution < -0.4 is 0 Å². The number of esters is 1. The monoisotopic (exact) mass is 315 g/mol. The zero-order valence-corrected chi connectivity index (χ0v) is 13.4. The molecule has 0 radical (unpaired) electrons. The van der Waals surface area contributed by atoms with Gasteiger partial charge in [-0.3, -0.25) is 0 Å². The van der Waals surface area contributed by atoms with E-state index in [0.29, 0.717) is 17.6 Å². The number of carbonyl (C=O) groups excluding carboxylic acids is 1. The van der Waals surface area contributed by atoms with Crippen molar-refractivity contribution in [3.63, 3.8) is 0 Å². The van der Waals surface area contributed by atoms with E-state index in [4.69, 9.17) is 10.00 Å². The van der Waals surface area contributed by atoms with E-state index < -0.39 is 0 Å². The van der Waals surface area contributed by atoms with E-state index in [2.05, 4.69) is 37.3 Å². The Morgan fingerprint density at radius 3 is 2.33 bits per heavy atom. The molecule has 0 saturated carbocycles. The van der Waals surface area contributed by atoms with Gasteiger partial charge in [0.15, 0.2) is 0 Å². The molecule has 118 valence electrons. The van der Waals surface area contributed by atoms with E-state index in [1.807, 2.05) is 12.1 Å². The maximum Gasteiger partial charge on any atom is 0.338 e.